The van der Waals surface area contributed by atoms with E-state index in [9.17, 15) is 13.6 Å². The molecule has 0 bridgehead atoms. The van der Waals surface area contributed by atoms with Crippen molar-refractivity contribution >= 4 is 5.91 Å². The fraction of sp³-hybridized carbons (Fsp3) is 0.238. The number of carbonyl (C=O) groups is 1. The minimum atomic E-state index is -0.318. The minimum absolute atomic E-state index is 0.0525. The number of carbonyl (C=O) groups excluding carboxylic acids is 1. The summed E-state index contributed by atoms with van der Waals surface area (Å²) in [6, 6.07) is 12.2. The topological polar surface area (TPSA) is 46.3 Å². The zero-order valence-corrected chi connectivity index (χ0v) is 15.0. The Morgan fingerprint density at radius 3 is 2.59 bits per heavy atom. The number of halogens is 2. The molecule has 1 aromatic heterocycles. The molecule has 0 unspecified atom stereocenters. The first kappa shape index (κ1) is 18.8. The summed E-state index contributed by atoms with van der Waals surface area (Å²) < 4.78 is 32.0. The van der Waals surface area contributed by atoms with Gasteiger partial charge < -0.3 is 9.32 Å². The molecule has 0 aliphatic heterocycles. The maximum absolute atomic E-state index is 13.3. The van der Waals surface area contributed by atoms with E-state index in [1.165, 1.54) is 24.3 Å². The summed E-state index contributed by atoms with van der Waals surface area (Å²) in [7, 11) is 0. The summed E-state index contributed by atoms with van der Waals surface area (Å²) in [6.45, 7) is 2.77. The molecule has 0 atom stereocenters. The number of hydrogen-bond acceptors (Lipinski definition) is 3. The van der Waals surface area contributed by atoms with Gasteiger partial charge in [-0.05, 0) is 48.9 Å². The number of amides is 1. The van der Waals surface area contributed by atoms with Crippen LogP contribution < -0.4 is 0 Å². The Hall–Kier alpha value is -3.02. The first-order valence-corrected chi connectivity index (χ1v) is 8.78. The van der Waals surface area contributed by atoms with Gasteiger partial charge in [0, 0.05) is 31.5 Å². The van der Waals surface area contributed by atoms with Crippen molar-refractivity contribution in [3.63, 3.8) is 0 Å². The number of aromatic nitrogens is 1. The Bertz CT molecular complexity index is 907. The summed E-state index contributed by atoms with van der Waals surface area (Å²) in [5.41, 5.74) is 1.47. The summed E-state index contributed by atoms with van der Waals surface area (Å²) in [4.78, 5) is 18.3. The molecule has 0 aliphatic carbocycles. The predicted octanol–water partition coefficient (Wildman–Crippen LogP) is 4.60. The highest BCUT2D eigenvalue weighted by molar-refractivity contribution is 5.76. The van der Waals surface area contributed by atoms with E-state index < -0.39 is 0 Å². The molecule has 0 fully saturated rings. The highest BCUT2D eigenvalue weighted by Gasteiger charge is 2.15. The molecule has 2 aromatic carbocycles. The van der Waals surface area contributed by atoms with Gasteiger partial charge in [-0.3, -0.25) is 4.79 Å². The number of benzene rings is 2. The predicted molar refractivity (Wildman–Crippen MR) is 97.7 cm³/mol. The number of oxazole rings is 1. The monoisotopic (exact) mass is 370 g/mol. The van der Waals surface area contributed by atoms with Gasteiger partial charge in [-0.2, -0.15) is 0 Å². The third-order valence-corrected chi connectivity index (χ3v) is 4.23. The Morgan fingerprint density at radius 2 is 1.89 bits per heavy atom. The number of rotatable bonds is 7. The van der Waals surface area contributed by atoms with Gasteiger partial charge in [0.2, 0.25) is 5.91 Å². The van der Waals surface area contributed by atoms with Crippen molar-refractivity contribution in [2.45, 2.75) is 26.3 Å². The maximum atomic E-state index is 13.3. The second-order valence-electron chi connectivity index (χ2n) is 6.16. The molecule has 4 nitrogen and oxygen atoms in total. The molecule has 0 saturated carbocycles. The van der Waals surface area contributed by atoms with Crippen LogP contribution in [0.25, 0.3) is 11.3 Å². The third kappa shape index (κ3) is 5.00. The van der Waals surface area contributed by atoms with Crippen LogP contribution in [0.5, 0.6) is 0 Å². The van der Waals surface area contributed by atoms with Crippen molar-refractivity contribution in [2.75, 3.05) is 6.54 Å². The number of nitrogens with zero attached hydrogens (tertiary/aromatic N) is 2. The van der Waals surface area contributed by atoms with Crippen molar-refractivity contribution in [3.05, 3.63) is 77.8 Å². The van der Waals surface area contributed by atoms with Crippen LogP contribution in [0, 0.1) is 11.6 Å². The summed E-state index contributed by atoms with van der Waals surface area (Å²) >= 11 is 0. The third-order valence-electron chi connectivity index (χ3n) is 4.23. The lowest BCUT2D eigenvalue weighted by molar-refractivity contribution is -0.131. The molecule has 1 amide bonds. The highest BCUT2D eigenvalue weighted by Crippen LogP contribution is 2.21. The van der Waals surface area contributed by atoms with Crippen molar-refractivity contribution in [1.29, 1.82) is 0 Å². The molecule has 27 heavy (non-hydrogen) atoms. The molecule has 6 heteroatoms. The molecule has 1 heterocycles. The average molecular weight is 370 g/mol. The highest BCUT2D eigenvalue weighted by atomic mass is 19.1. The van der Waals surface area contributed by atoms with Crippen molar-refractivity contribution in [2.24, 2.45) is 0 Å². The van der Waals surface area contributed by atoms with Gasteiger partial charge >= 0.3 is 0 Å². The lowest BCUT2D eigenvalue weighted by Gasteiger charge is -2.20. The quantitative estimate of drug-likeness (QED) is 0.611. The fourth-order valence-electron chi connectivity index (χ4n) is 2.78. The molecular formula is C21H20F2N2O2. The Kier molecular flexibility index (Phi) is 5.96. The summed E-state index contributed by atoms with van der Waals surface area (Å²) in [6.07, 6.45) is 2.17. The largest absolute Gasteiger partial charge is 0.441 e. The molecule has 0 N–H and O–H groups in total. The Labute approximate surface area is 156 Å². The second kappa shape index (κ2) is 8.58. The minimum Gasteiger partial charge on any atom is -0.441 e. The van der Waals surface area contributed by atoms with Crippen LogP contribution in [0.3, 0.4) is 0 Å². The van der Waals surface area contributed by atoms with E-state index in [0.29, 0.717) is 31.2 Å². The SMILES string of the molecule is CCN(Cc1cccc(F)c1)C(=O)CCc1ncc(-c2ccc(F)cc2)o1. The number of aryl methyl sites for hydroxylation is 1. The zero-order chi connectivity index (χ0) is 19.2. The molecule has 0 spiro atoms. The van der Waals surface area contributed by atoms with Gasteiger partial charge in [-0.1, -0.05) is 12.1 Å². The van der Waals surface area contributed by atoms with Crippen molar-refractivity contribution in [1.82, 2.24) is 9.88 Å². The second-order valence-corrected chi connectivity index (χ2v) is 6.16. The molecule has 3 rings (SSSR count). The van der Waals surface area contributed by atoms with Crippen LogP contribution in [-0.4, -0.2) is 22.3 Å². The molecule has 3 aromatic rings. The molecule has 0 aliphatic rings. The van der Waals surface area contributed by atoms with Gasteiger partial charge in [0.25, 0.3) is 0 Å². The smallest absolute Gasteiger partial charge is 0.223 e. The first-order valence-electron chi connectivity index (χ1n) is 8.78. The summed E-state index contributed by atoms with van der Waals surface area (Å²) in [5.74, 6) is 0.295. The average Bonchev–Trinajstić information content (AvgIpc) is 3.14. The molecule has 140 valence electrons. The van der Waals surface area contributed by atoms with Crippen LogP contribution in [0.2, 0.25) is 0 Å². The summed E-state index contributed by atoms with van der Waals surface area (Å²) in [5, 5.41) is 0. The van der Waals surface area contributed by atoms with Crippen molar-refractivity contribution < 1.29 is 18.0 Å². The van der Waals surface area contributed by atoms with Crippen LogP contribution in [0.4, 0.5) is 8.78 Å². The van der Waals surface area contributed by atoms with Gasteiger partial charge in [0.15, 0.2) is 11.7 Å². The Balaban J connectivity index is 1.58. The molecule has 0 radical (unpaired) electrons. The van der Waals surface area contributed by atoms with Crippen LogP contribution in [0.15, 0.2) is 59.1 Å². The van der Waals surface area contributed by atoms with E-state index in [2.05, 4.69) is 4.98 Å². The van der Waals surface area contributed by atoms with E-state index in [4.69, 9.17) is 4.42 Å². The molecular weight excluding hydrogens is 350 g/mol. The maximum Gasteiger partial charge on any atom is 0.223 e. The van der Waals surface area contributed by atoms with Gasteiger partial charge in [-0.15, -0.1) is 0 Å². The number of hydrogen-bond donors (Lipinski definition) is 0. The lowest BCUT2D eigenvalue weighted by atomic mass is 10.2. The molecule has 0 saturated heterocycles. The van der Waals surface area contributed by atoms with Crippen molar-refractivity contribution in [3.8, 4) is 11.3 Å². The van der Waals surface area contributed by atoms with E-state index in [1.54, 1.807) is 35.4 Å². The van der Waals surface area contributed by atoms with E-state index >= 15 is 0 Å². The van der Waals surface area contributed by atoms with Crippen LogP contribution >= 0.6 is 0 Å². The van der Waals surface area contributed by atoms with E-state index in [0.717, 1.165) is 11.1 Å². The van der Waals surface area contributed by atoms with Gasteiger partial charge in [0.05, 0.1) is 6.20 Å². The van der Waals surface area contributed by atoms with Gasteiger partial charge in [0.1, 0.15) is 11.6 Å². The lowest BCUT2D eigenvalue weighted by Crippen LogP contribution is -2.30. The fourth-order valence-corrected chi connectivity index (χ4v) is 2.78. The zero-order valence-electron chi connectivity index (χ0n) is 15.0. The standard InChI is InChI=1S/C21H20F2N2O2/c1-2-25(14-15-4-3-5-18(23)12-15)21(26)11-10-20-24-13-19(27-20)16-6-8-17(22)9-7-16/h3-9,12-13H,2,10-11,14H2,1H3. The normalized spacial score (nSPS) is 10.8. The van der Waals surface area contributed by atoms with E-state index in [1.807, 2.05) is 6.92 Å². The van der Waals surface area contributed by atoms with Crippen LogP contribution in [-0.2, 0) is 17.8 Å². The first-order chi connectivity index (χ1) is 13.0. The Morgan fingerprint density at radius 1 is 1.11 bits per heavy atom. The van der Waals surface area contributed by atoms with Gasteiger partial charge in [-0.25, -0.2) is 13.8 Å². The van der Waals surface area contributed by atoms with E-state index in [-0.39, 0.29) is 24.0 Å². The van der Waals surface area contributed by atoms with Crippen LogP contribution in [0.1, 0.15) is 24.8 Å².